The lowest BCUT2D eigenvalue weighted by molar-refractivity contribution is -0.291. The molecule has 0 spiro atoms. The minimum Gasteiger partial charge on any atom is -0.481 e. The van der Waals surface area contributed by atoms with Crippen LogP contribution in [0.3, 0.4) is 0 Å². The van der Waals surface area contributed by atoms with E-state index in [4.69, 9.17) is 5.73 Å². The second kappa shape index (κ2) is 4.44. The lowest BCUT2D eigenvalue weighted by Crippen LogP contribution is -2.45. The maximum atomic E-state index is 12.9. The van der Waals surface area contributed by atoms with E-state index in [1.807, 2.05) is 0 Å². The van der Waals surface area contributed by atoms with E-state index in [1.165, 1.54) is 7.11 Å². The predicted octanol–water partition coefficient (Wildman–Crippen LogP) is 2.29. The zero-order valence-corrected chi connectivity index (χ0v) is 8.63. The van der Waals surface area contributed by atoms with Gasteiger partial charge in [-0.15, -0.1) is 0 Å². The van der Waals surface area contributed by atoms with Crippen molar-refractivity contribution >= 4 is 0 Å². The Morgan fingerprint density at radius 2 is 1.82 bits per heavy atom. The lowest BCUT2D eigenvalue weighted by Gasteiger charge is -2.25. The molecule has 0 aromatic carbocycles. The molecule has 0 unspecified atom stereocenters. The van der Waals surface area contributed by atoms with Gasteiger partial charge >= 0.3 is 12.1 Å². The number of nitrogens with two attached hydrogens (primary N) is 1. The summed E-state index contributed by atoms with van der Waals surface area (Å²) in [6.45, 7) is 0. The molecule has 0 aliphatic heterocycles. The lowest BCUT2D eigenvalue weighted by atomic mass is 10.0. The number of hydrogen-bond acceptors (Lipinski definition) is 3. The van der Waals surface area contributed by atoms with Crippen LogP contribution in [0.2, 0.25) is 0 Å². The Labute approximate surface area is 93.4 Å². The third-order valence-electron chi connectivity index (χ3n) is 2.10. The van der Waals surface area contributed by atoms with E-state index < -0.39 is 23.7 Å². The van der Waals surface area contributed by atoms with Crippen molar-refractivity contribution in [1.29, 1.82) is 0 Å². The Balaban J connectivity index is 2.99. The summed E-state index contributed by atoms with van der Waals surface area (Å²) < 4.78 is 66.5. The van der Waals surface area contributed by atoms with Gasteiger partial charge in [-0.2, -0.15) is 22.0 Å². The van der Waals surface area contributed by atoms with Crippen LogP contribution >= 0.6 is 0 Å². The molecule has 0 fully saturated rings. The van der Waals surface area contributed by atoms with Gasteiger partial charge in [-0.25, -0.2) is 4.98 Å². The van der Waals surface area contributed by atoms with Crippen LogP contribution in [0.4, 0.5) is 22.0 Å². The molecule has 0 aliphatic rings. The standard InChI is InChI=1S/C9H9F5N2O/c1-17-6-3-2-5(4-16-6)7(15)8(10,11)9(12,13)14/h2-4,7H,15H2,1H3/t7-/m0/s1. The summed E-state index contributed by atoms with van der Waals surface area (Å²) in [5.41, 5.74) is 4.48. The molecule has 0 aliphatic carbocycles. The van der Waals surface area contributed by atoms with Crippen LogP contribution in [0.15, 0.2) is 18.3 Å². The van der Waals surface area contributed by atoms with Gasteiger partial charge in [0.1, 0.15) is 6.04 Å². The minimum atomic E-state index is -5.70. The zero-order chi connectivity index (χ0) is 13.3. The Bertz CT molecular complexity index is 376. The zero-order valence-electron chi connectivity index (χ0n) is 8.63. The van der Waals surface area contributed by atoms with Gasteiger partial charge in [-0.3, -0.25) is 0 Å². The quantitative estimate of drug-likeness (QED) is 0.844. The van der Waals surface area contributed by atoms with Gasteiger partial charge in [0.2, 0.25) is 5.88 Å². The second-order valence-corrected chi connectivity index (χ2v) is 3.23. The fraction of sp³-hybridized carbons (Fsp3) is 0.444. The summed E-state index contributed by atoms with van der Waals surface area (Å²) >= 11 is 0. The molecule has 0 saturated carbocycles. The fourth-order valence-electron chi connectivity index (χ4n) is 1.08. The van der Waals surface area contributed by atoms with Crippen molar-refractivity contribution in [3.8, 4) is 5.88 Å². The van der Waals surface area contributed by atoms with Crippen molar-refractivity contribution in [2.75, 3.05) is 7.11 Å². The van der Waals surface area contributed by atoms with E-state index in [9.17, 15) is 22.0 Å². The smallest absolute Gasteiger partial charge is 0.455 e. The molecule has 1 aromatic rings. The number of nitrogens with zero attached hydrogens (tertiary/aromatic N) is 1. The summed E-state index contributed by atoms with van der Waals surface area (Å²) in [5, 5.41) is 0. The Morgan fingerprint density at radius 1 is 1.24 bits per heavy atom. The molecule has 1 atom stereocenters. The number of aromatic nitrogens is 1. The first-order valence-corrected chi connectivity index (χ1v) is 4.40. The normalized spacial score (nSPS) is 14.5. The maximum Gasteiger partial charge on any atom is 0.455 e. The average Bonchev–Trinajstić information content (AvgIpc) is 2.26. The van der Waals surface area contributed by atoms with Gasteiger partial charge in [0.25, 0.3) is 0 Å². The van der Waals surface area contributed by atoms with Crippen LogP contribution in [0.25, 0.3) is 0 Å². The minimum absolute atomic E-state index is 0.0938. The van der Waals surface area contributed by atoms with Crippen molar-refractivity contribution in [3.05, 3.63) is 23.9 Å². The number of halogens is 5. The molecule has 1 rings (SSSR count). The molecule has 1 aromatic heterocycles. The summed E-state index contributed by atoms with van der Waals surface area (Å²) in [4.78, 5) is 3.51. The number of pyridine rings is 1. The monoisotopic (exact) mass is 256 g/mol. The van der Waals surface area contributed by atoms with Crippen molar-refractivity contribution in [2.45, 2.75) is 18.1 Å². The molecule has 0 radical (unpaired) electrons. The fourth-order valence-corrected chi connectivity index (χ4v) is 1.08. The van der Waals surface area contributed by atoms with Crippen LogP contribution in [-0.2, 0) is 0 Å². The van der Waals surface area contributed by atoms with Crippen LogP contribution in [-0.4, -0.2) is 24.2 Å². The van der Waals surface area contributed by atoms with Gasteiger partial charge in [0.05, 0.1) is 7.11 Å². The van der Waals surface area contributed by atoms with Gasteiger partial charge in [-0.1, -0.05) is 6.07 Å². The van der Waals surface area contributed by atoms with Crippen LogP contribution in [0.5, 0.6) is 5.88 Å². The van der Waals surface area contributed by atoms with Crippen LogP contribution in [0.1, 0.15) is 11.6 Å². The largest absolute Gasteiger partial charge is 0.481 e. The number of alkyl halides is 5. The van der Waals surface area contributed by atoms with Crippen molar-refractivity contribution in [2.24, 2.45) is 5.73 Å². The molecular weight excluding hydrogens is 247 g/mol. The molecular formula is C9H9F5N2O. The predicted molar refractivity (Wildman–Crippen MR) is 48.7 cm³/mol. The highest BCUT2D eigenvalue weighted by Gasteiger charge is 2.61. The van der Waals surface area contributed by atoms with E-state index in [1.54, 1.807) is 0 Å². The van der Waals surface area contributed by atoms with Gasteiger partial charge < -0.3 is 10.5 Å². The summed E-state index contributed by atoms with van der Waals surface area (Å²) in [7, 11) is 1.28. The molecule has 0 saturated heterocycles. The summed E-state index contributed by atoms with van der Waals surface area (Å²) in [6, 6.07) is -0.335. The number of ether oxygens (including phenoxy) is 1. The highest BCUT2D eigenvalue weighted by Crippen LogP contribution is 2.43. The highest BCUT2D eigenvalue weighted by molar-refractivity contribution is 5.22. The molecule has 1 heterocycles. The molecule has 96 valence electrons. The first kappa shape index (κ1) is 13.6. The molecule has 8 heteroatoms. The SMILES string of the molecule is COc1ccc([C@H](N)C(F)(F)C(F)(F)F)cn1. The molecule has 0 amide bonds. The highest BCUT2D eigenvalue weighted by atomic mass is 19.4. The first-order valence-electron chi connectivity index (χ1n) is 4.40. The van der Waals surface area contributed by atoms with Crippen molar-refractivity contribution in [3.63, 3.8) is 0 Å². The van der Waals surface area contributed by atoms with Crippen molar-refractivity contribution in [1.82, 2.24) is 4.98 Å². The first-order chi connectivity index (χ1) is 7.70. The van der Waals surface area contributed by atoms with E-state index in [0.29, 0.717) is 0 Å². The second-order valence-electron chi connectivity index (χ2n) is 3.23. The summed E-state index contributed by atoms with van der Waals surface area (Å²) in [5.74, 6) is -4.92. The maximum absolute atomic E-state index is 12.9. The van der Waals surface area contributed by atoms with Crippen molar-refractivity contribution < 1.29 is 26.7 Å². The van der Waals surface area contributed by atoms with Gasteiger partial charge in [-0.05, 0) is 5.56 Å². The third-order valence-corrected chi connectivity index (χ3v) is 2.10. The van der Waals surface area contributed by atoms with E-state index in [0.717, 1.165) is 18.3 Å². The number of rotatable bonds is 3. The molecule has 2 N–H and O–H groups in total. The van der Waals surface area contributed by atoms with Crippen LogP contribution < -0.4 is 10.5 Å². The number of methoxy groups -OCH3 is 1. The Morgan fingerprint density at radius 3 is 2.18 bits per heavy atom. The van der Waals surface area contributed by atoms with Crippen LogP contribution in [0, 0.1) is 0 Å². The molecule has 0 bridgehead atoms. The summed E-state index contributed by atoms with van der Waals surface area (Å²) in [6.07, 6.45) is -4.88. The molecule has 17 heavy (non-hydrogen) atoms. The van der Waals surface area contributed by atoms with Gasteiger partial charge in [0, 0.05) is 12.3 Å². The Hall–Kier alpha value is -1.44. The number of hydrogen-bond donors (Lipinski definition) is 1. The molecule has 3 nitrogen and oxygen atoms in total. The topological polar surface area (TPSA) is 48.1 Å². The van der Waals surface area contributed by atoms with E-state index in [2.05, 4.69) is 9.72 Å². The van der Waals surface area contributed by atoms with Gasteiger partial charge in [0.15, 0.2) is 0 Å². The average molecular weight is 256 g/mol. The van der Waals surface area contributed by atoms with E-state index in [-0.39, 0.29) is 5.88 Å². The van der Waals surface area contributed by atoms with E-state index >= 15 is 0 Å². The Kier molecular flexibility index (Phi) is 3.56. The third kappa shape index (κ3) is 2.63.